The molecule has 0 aliphatic rings. The summed E-state index contributed by atoms with van der Waals surface area (Å²) in [5.41, 5.74) is 0.443. The van der Waals surface area contributed by atoms with Gasteiger partial charge in [0.15, 0.2) is 0 Å². The van der Waals surface area contributed by atoms with E-state index in [-0.39, 0.29) is 16.3 Å². The zero-order valence-corrected chi connectivity index (χ0v) is 10.3. The lowest BCUT2D eigenvalue weighted by Gasteiger charge is -2.07. The average molecular weight is 284 g/mol. The van der Waals surface area contributed by atoms with Crippen LogP contribution < -0.4 is 0 Å². The minimum atomic E-state index is -1.16. The van der Waals surface area contributed by atoms with Crippen molar-refractivity contribution in [3.63, 3.8) is 0 Å². The maximum absolute atomic E-state index is 10.6. The second kappa shape index (κ2) is 5.12. The van der Waals surface area contributed by atoms with Crippen LogP contribution in [0, 0.1) is 0 Å². The summed E-state index contributed by atoms with van der Waals surface area (Å²) in [5, 5.41) is 9.56. The fourth-order valence-electron chi connectivity index (χ4n) is 0.967. The van der Waals surface area contributed by atoms with Crippen LogP contribution in [0.4, 0.5) is 0 Å². The van der Waals surface area contributed by atoms with E-state index in [2.05, 4.69) is 12.2 Å². The first-order valence-electron chi connectivity index (χ1n) is 3.82. The molecular weight excluding hydrogens is 279 g/mol. The van der Waals surface area contributed by atoms with E-state index < -0.39 is 5.97 Å². The van der Waals surface area contributed by atoms with Gasteiger partial charge in [-0.15, -0.1) is 0 Å². The van der Waals surface area contributed by atoms with Gasteiger partial charge in [0.05, 0.1) is 10.0 Å². The highest BCUT2D eigenvalue weighted by Crippen LogP contribution is 2.31. The van der Waals surface area contributed by atoms with Gasteiger partial charge in [-0.3, -0.25) is 0 Å². The van der Waals surface area contributed by atoms with Gasteiger partial charge in [-0.2, -0.15) is 0 Å². The normalized spacial score (nSPS) is 10.1. The standard InChI is InChI=1S/C9H5Cl3O2S/c10-5-1-2-6(11)8(12)4(5)3-7(15)9(13)14/h1-2H,3H2,(H,13,14). The molecule has 0 atom stereocenters. The van der Waals surface area contributed by atoms with Crippen molar-refractivity contribution in [2.75, 3.05) is 0 Å². The summed E-state index contributed by atoms with van der Waals surface area (Å²) in [6.07, 6.45) is 0.00287. The van der Waals surface area contributed by atoms with E-state index in [1.54, 1.807) is 12.1 Å². The minimum absolute atomic E-state index is 0.00287. The lowest BCUT2D eigenvalue weighted by molar-refractivity contribution is -0.129. The first kappa shape index (κ1) is 12.7. The molecule has 0 saturated carbocycles. The summed E-state index contributed by atoms with van der Waals surface area (Å²) in [6.45, 7) is 0. The topological polar surface area (TPSA) is 37.3 Å². The number of carboxylic acids is 1. The number of aliphatic carboxylic acids is 1. The van der Waals surface area contributed by atoms with Gasteiger partial charge in [-0.25, -0.2) is 4.79 Å². The molecule has 80 valence electrons. The molecule has 0 bridgehead atoms. The summed E-state index contributed by atoms with van der Waals surface area (Å²) in [7, 11) is 0. The Kier molecular flexibility index (Phi) is 4.34. The van der Waals surface area contributed by atoms with Gasteiger partial charge in [0.25, 0.3) is 0 Å². The Balaban J connectivity index is 3.09. The summed E-state index contributed by atoms with van der Waals surface area (Å²) >= 11 is 22.2. The number of benzene rings is 1. The number of carboxylic acid groups (broad SMARTS) is 1. The van der Waals surface area contributed by atoms with Crippen molar-refractivity contribution in [1.29, 1.82) is 0 Å². The zero-order chi connectivity index (χ0) is 11.6. The third-order valence-electron chi connectivity index (χ3n) is 1.71. The molecular formula is C9H5Cl3O2S. The molecule has 6 heteroatoms. The predicted molar refractivity (Wildman–Crippen MR) is 65.4 cm³/mol. The van der Waals surface area contributed by atoms with Crippen molar-refractivity contribution in [1.82, 2.24) is 0 Å². The Labute approximate surface area is 107 Å². The first-order valence-corrected chi connectivity index (χ1v) is 5.36. The fourth-order valence-corrected chi connectivity index (χ4v) is 1.79. The maximum atomic E-state index is 10.6. The Morgan fingerprint density at radius 3 is 2.33 bits per heavy atom. The van der Waals surface area contributed by atoms with Gasteiger partial charge >= 0.3 is 5.97 Å². The van der Waals surface area contributed by atoms with Crippen molar-refractivity contribution in [2.45, 2.75) is 6.42 Å². The molecule has 0 unspecified atom stereocenters. The van der Waals surface area contributed by atoms with E-state index in [0.29, 0.717) is 15.6 Å². The molecule has 1 aromatic rings. The van der Waals surface area contributed by atoms with Crippen LogP contribution in [-0.2, 0) is 11.2 Å². The number of hydrogen-bond donors (Lipinski definition) is 1. The van der Waals surface area contributed by atoms with Gasteiger partial charge in [-0.1, -0.05) is 47.0 Å². The molecule has 0 amide bonds. The average Bonchev–Trinajstić information content (AvgIpc) is 2.18. The molecule has 1 rings (SSSR count). The van der Waals surface area contributed by atoms with Crippen LogP contribution in [0.5, 0.6) is 0 Å². The lowest BCUT2D eigenvalue weighted by atomic mass is 10.1. The zero-order valence-electron chi connectivity index (χ0n) is 7.26. The maximum Gasteiger partial charge on any atom is 0.342 e. The third kappa shape index (κ3) is 3.05. The molecule has 0 aromatic heterocycles. The second-order valence-corrected chi connectivity index (χ2v) is 4.41. The molecule has 0 aliphatic carbocycles. The lowest BCUT2D eigenvalue weighted by Crippen LogP contribution is -2.13. The highest BCUT2D eigenvalue weighted by molar-refractivity contribution is 7.82. The summed E-state index contributed by atoms with van der Waals surface area (Å²) in [5.74, 6) is -1.16. The quantitative estimate of drug-likeness (QED) is 0.680. The van der Waals surface area contributed by atoms with Crippen LogP contribution in [0.2, 0.25) is 15.1 Å². The second-order valence-electron chi connectivity index (χ2n) is 2.73. The van der Waals surface area contributed by atoms with Crippen LogP contribution in [0.1, 0.15) is 5.56 Å². The number of thiocarbonyl (C=S) groups is 1. The summed E-state index contributed by atoms with van der Waals surface area (Å²) < 4.78 is 0. The van der Waals surface area contributed by atoms with E-state index in [1.807, 2.05) is 0 Å². The van der Waals surface area contributed by atoms with Crippen LogP contribution in [0.25, 0.3) is 0 Å². The van der Waals surface area contributed by atoms with Gasteiger partial charge in [-0.05, 0) is 17.7 Å². The number of hydrogen-bond acceptors (Lipinski definition) is 2. The molecule has 0 saturated heterocycles. The highest BCUT2D eigenvalue weighted by atomic mass is 35.5. The van der Waals surface area contributed by atoms with Crippen LogP contribution in [0.15, 0.2) is 12.1 Å². The molecule has 1 N–H and O–H groups in total. The summed E-state index contributed by atoms with van der Waals surface area (Å²) in [6, 6.07) is 3.09. The first-order chi connectivity index (χ1) is 6.93. The van der Waals surface area contributed by atoms with E-state index in [0.717, 1.165) is 0 Å². The third-order valence-corrected chi connectivity index (χ3v) is 3.23. The SMILES string of the molecule is O=C(O)C(=S)Cc1c(Cl)ccc(Cl)c1Cl. The largest absolute Gasteiger partial charge is 0.477 e. The molecule has 0 fully saturated rings. The predicted octanol–water partition coefficient (Wildman–Crippen LogP) is 3.64. The number of carbonyl (C=O) groups is 1. The Morgan fingerprint density at radius 1 is 1.27 bits per heavy atom. The molecule has 2 nitrogen and oxygen atoms in total. The van der Waals surface area contributed by atoms with E-state index in [9.17, 15) is 4.79 Å². The van der Waals surface area contributed by atoms with E-state index in [4.69, 9.17) is 39.9 Å². The molecule has 0 aliphatic heterocycles. The summed E-state index contributed by atoms with van der Waals surface area (Å²) in [4.78, 5) is 10.4. The molecule has 1 aromatic carbocycles. The minimum Gasteiger partial charge on any atom is -0.477 e. The van der Waals surface area contributed by atoms with Crippen molar-refractivity contribution in [3.05, 3.63) is 32.8 Å². The van der Waals surface area contributed by atoms with Gasteiger partial charge in [0.1, 0.15) is 4.86 Å². The number of halogens is 3. The Morgan fingerprint density at radius 2 is 1.80 bits per heavy atom. The highest BCUT2D eigenvalue weighted by Gasteiger charge is 2.14. The smallest absolute Gasteiger partial charge is 0.342 e. The van der Waals surface area contributed by atoms with Crippen molar-refractivity contribution < 1.29 is 9.90 Å². The van der Waals surface area contributed by atoms with Crippen molar-refractivity contribution >= 4 is 57.9 Å². The van der Waals surface area contributed by atoms with Crippen LogP contribution >= 0.6 is 47.0 Å². The van der Waals surface area contributed by atoms with Crippen molar-refractivity contribution in [2.24, 2.45) is 0 Å². The van der Waals surface area contributed by atoms with Gasteiger partial charge in [0, 0.05) is 11.4 Å². The molecule has 0 spiro atoms. The van der Waals surface area contributed by atoms with E-state index in [1.165, 1.54) is 0 Å². The van der Waals surface area contributed by atoms with E-state index >= 15 is 0 Å². The van der Waals surface area contributed by atoms with Crippen LogP contribution in [-0.4, -0.2) is 15.9 Å². The fraction of sp³-hybridized carbons (Fsp3) is 0.111. The Hall–Kier alpha value is -0.350. The molecule has 0 radical (unpaired) electrons. The van der Waals surface area contributed by atoms with Crippen molar-refractivity contribution in [3.8, 4) is 0 Å². The number of rotatable bonds is 3. The van der Waals surface area contributed by atoms with Crippen LogP contribution in [0.3, 0.4) is 0 Å². The monoisotopic (exact) mass is 282 g/mol. The molecule has 0 heterocycles. The van der Waals surface area contributed by atoms with Gasteiger partial charge in [0.2, 0.25) is 0 Å². The molecule has 15 heavy (non-hydrogen) atoms. The van der Waals surface area contributed by atoms with Gasteiger partial charge < -0.3 is 5.11 Å². The Bertz CT molecular complexity index is 432.